The lowest BCUT2D eigenvalue weighted by molar-refractivity contribution is 0.215. The summed E-state index contributed by atoms with van der Waals surface area (Å²) in [6, 6.07) is 13.4. The topological polar surface area (TPSA) is 36.4 Å². The number of hydrogen-bond donors (Lipinski definition) is 1. The Balaban J connectivity index is 2.23. The van der Waals surface area contributed by atoms with Gasteiger partial charge in [0.25, 0.3) is 0 Å². The van der Waals surface area contributed by atoms with E-state index in [2.05, 4.69) is 4.98 Å². The van der Waals surface area contributed by atoms with E-state index in [1.54, 1.807) is 6.20 Å². The van der Waals surface area contributed by atoms with Crippen LogP contribution < -0.4 is 4.90 Å². The quantitative estimate of drug-likeness (QED) is 0.875. The lowest BCUT2D eigenvalue weighted by Crippen LogP contribution is -2.09. The highest BCUT2D eigenvalue weighted by molar-refractivity contribution is 5.47. The van der Waals surface area contributed by atoms with Crippen molar-refractivity contribution in [2.24, 2.45) is 0 Å². The second-order valence-corrected chi connectivity index (χ2v) is 4.14. The van der Waals surface area contributed by atoms with E-state index in [4.69, 9.17) is 0 Å². The molecule has 1 aromatic carbocycles. The van der Waals surface area contributed by atoms with Crippen LogP contribution in [0.15, 0.2) is 48.7 Å². The van der Waals surface area contributed by atoms with Gasteiger partial charge in [0.05, 0.1) is 5.69 Å². The second-order valence-electron chi connectivity index (χ2n) is 4.14. The normalized spacial score (nSPS) is 12.2. The molecule has 0 aliphatic heterocycles. The molecule has 0 bridgehead atoms. The van der Waals surface area contributed by atoms with Crippen molar-refractivity contribution in [2.75, 3.05) is 19.0 Å². The number of benzene rings is 1. The zero-order valence-corrected chi connectivity index (χ0v) is 10.0. The highest BCUT2D eigenvalue weighted by Gasteiger charge is 2.10. The zero-order valence-electron chi connectivity index (χ0n) is 10.0. The van der Waals surface area contributed by atoms with Gasteiger partial charge in [-0.25, -0.2) is 0 Å². The molecule has 0 fully saturated rings. The third kappa shape index (κ3) is 2.63. The van der Waals surface area contributed by atoms with Crippen molar-refractivity contribution in [3.63, 3.8) is 0 Å². The first-order valence-corrected chi connectivity index (χ1v) is 5.55. The molecular weight excluding hydrogens is 212 g/mol. The molecule has 0 aliphatic carbocycles. The largest absolute Gasteiger partial charge is 0.382 e. The summed E-state index contributed by atoms with van der Waals surface area (Å²) in [5.41, 5.74) is 2.64. The Morgan fingerprint density at radius 3 is 2.29 bits per heavy atom. The van der Waals surface area contributed by atoms with E-state index in [1.807, 2.05) is 61.5 Å². The molecule has 1 atom stereocenters. The van der Waals surface area contributed by atoms with Crippen LogP contribution in [0.25, 0.3) is 0 Å². The standard InChI is InChI=1S/C14H16N2O/c1-16(2)12-8-6-11(7-9-12)14(17)13-5-3-4-10-15-13/h3-10,14,17H,1-2H3/t14-/m1/s1. The van der Waals surface area contributed by atoms with Crippen LogP contribution in [-0.4, -0.2) is 24.2 Å². The van der Waals surface area contributed by atoms with E-state index in [0.29, 0.717) is 5.69 Å². The summed E-state index contributed by atoms with van der Waals surface area (Å²) < 4.78 is 0. The van der Waals surface area contributed by atoms with E-state index < -0.39 is 6.10 Å². The third-order valence-corrected chi connectivity index (χ3v) is 2.69. The average Bonchev–Trinajstić information content (AvgIpc) is 2.39. The average molecular weight is 228 g/mol. The fourth-order valence-electron chi connectivity index (χ4n) is 1.66. The Morgan fingerprint density at radius 1 is 1.06 bits per heavy atom. The summed E-state index contributed by atoms with van der Waals surface area (Å²) in [5, 5.41) is 10.1. The number of aliphatic hydroxyl groups is 1. The van der Waals surface area contributed by atoms with Crippen molar-refractivity contribution in [3.05, 3.63) is 59.9 Å². The van der Waals surface area contributed by atoms with Crippen molar-refractivity contribution in [3.8, 4) is 0 Å². The van der Waals surface area contributed by atoms with E-state index in [-0.39, 0.29) is 0 Å². The first-order chi connectivity index (χ1) is 8.18. The first-order valence-electron chi connectivity index (χ1n) is 5.55. The predicted octanol–water partition coefficient (Wildman–Crippen LogP) is 2.23. The summed E-state index contributed by atoms with van der Waals surface area (Å²) in [6.07, 6.45) is 1.03. The molecule has 2 aromatic rings. The molecule has 1 heterocycles. The van der Waals surface area contributed by atoms with Crippen molar-refractivity contribution in [1.82, 2.24) is 4.98 Å². The van der Waals surface area contributed by atoms with Crippen LogP contribution in [0.2, 0.25) is 0 Å². The van der Waals surface area contributed by atoms with Crippen LogP contribution in [0.1, 0.15) is 17.4 Å². The van der Waals surface area contributed by atoms with Gasteiger partial charge in [0.1, 0.15) is 6.10 Å². The zero-order chi connectivity index (χ0) is 12.3. The third-order valence-electron chi connectivity index (χ3n) is 2.69. The maximum Gasteiger partial charge on any atom is 0.121 e. The van der Waals surface area contributed by atoms with Gasteiger partial charge in [0.15, 0.2) is 0 Å². The molecule has 0 spiro atoms. The Bertz CT molecular complexity index is 465. The highest BCUT2D eigenvalue weighted by atomic mass is 16.3. The minimum absolute atomic E-state index is 0.660. The van der Waals surface area contributed by atoms with Crippen molar-refractivity contribution in [1.29, 1.82) is 0 Å². The fraction of sp³-hybridized carbons (Fsp3) is 0.214. The molecule has 0 saturated heterocycles. The highest BCUT2D eigenvalue weighted by Crippen LogP contribution is 2.22. The molecule has 88 valence electrons. The summed E-state index contributed by atoms with van der Waals surface area (Å²) in [7, 11) is 3.98. The predicted molar refractivity (Wildman–Crippen MR) is 69.1 cm³/mol. The summed E-state index contributed by atoms with van der Waals surface area (Å²) >= 11 is 0. The number of anilines is 1. The number of hydrogen-bond acceptors (Lipinski definition) is 3. The molecule has 0 saturated carbocycles. The molecule has 0 aliphatic rings. The van der Waals surface area contributed by atoms with E-state index in [9.17, 15) is 5.11 Å². The fourth-order valence-corrected chi connectivity index (χ4v) is 1.66. The SMILES string of the molecule is CN(C)c1ccc([C@@H](O)c2ccccn2)cc1. The van der Waals surface area contributed by atoms with Gasteiger partial charge in [-0.05, 0) is 29.8 Å². The Kier molecular flexibility index (Phi) is 3.40. The van der Waals surface area contributed by atoms with Gasteiger partial charge in [0.2, 0.25) is 0 Å². The maximum atomic E-state index is 10.1. The van der Waals surface area contributed by atoms with E-state index in [1.165, 1.54) is 0 Å². The van der Waals surface area contributed by atoms with Crippen LogP contribution in [0.4, 0.5) is 5.69 Å². The second kappa shape index (κ2) is 4.97. The van der Waals surface area contributed by atoms with Gasteiger partial charge in [-0.3, -0.25) is 4.98 Å². The van der Waals surface area contributed by atoms with Crippen LogP contribution in [0, 0.1) is 0 Å². The molecule has 1 N–H and O–H groups in total. The Hall–Kier alpha value is -1.87. The summed E-state index contributed by atoms with van der Waals surface area (Å²) in [6.45, 7) is 0. The van der Waals surface area contributed by atoms with Crippen LogP contribution in [-0.2, 0) is 0 Å². The molecule has 0 unspecified atom stereocenters. The summed E-state index contributed by atoms with van der Waals surface area (Å²) in [5.74, 6) is 0. The van der Waals surface area contributed by atoms with Gasteiger partial charge in [0, 0.05) is 26.0 Å². The maximum absolute atomic E-state index is 10.1. The molecule has 17 heavy (non-hydrogen) atoms. The van der Waals surface area contributed by atoms with Crippen LogP contribution in [0.5, 0.6) is 0 Å². The number of aliphatic hydroxyl groups excluding tert-OH is 1. The van der Waals surface area contributed by atoms with Crippen molar-refractivity contribution in [2.45, 2.75) is 6.10 Å². The number of pyridine rings is 1. The molecule has 1 aromatic heterocycles. The van der Waals surface area contributed by atoms with Crippen LogP contribution in [0.3, 0.4) is 0 Å². The van der Waals surface area contributed by atoms with E-state index >= 15 is 0 Å². The molecule has 0 amide bonds. The Labute approximate surface area is 101 Å². The minimum atomic E-state index is -0.660. The molecule has 2 rings (SSSR count). The lowest BCUT2D eigenvalue weighted by atomic mass is 10.1. The van der Waals surface area contributed by atoms with Crippen molar-refractivity contribution >= 4 is 5.69 Å². The van der Waals surface area contributed by atoms with Gasteiger partial charge in [-0.1, -0.05) is 18.2 Å². The monoisotopic (exact) mass is 228 g/mol. The molecule has 3 heteroatoms. The summed E-state index contributed by atoms with van der Waals surface area (Å²) in [4.78, 5) is 6.18. The van der Waals surface area contributed by atoms with Gasteiger partial charge in [-0.15, -0.1) is 0 Å². The molecule has 0 radical (unpaired) electrons. The first kappa shape index (κ1) is 11.6. The van der Waals surface area contributed by atoms with E-state index in [0.717, 1.165) is 11.3 Å². The van der Waals surface area contributed by atoms with Gasteiger partial charge in [-0.2, -0.15) is 0 Å². The van der Waals surface area contributed by atoms with Crippen molar-refractivity contribution < 1.29 is 5.11 Å². The van der Waals surface area contributed by atoms with Gasteiger partial charge < -0.3 is 10.0 Å². The number of nitrogens with zero attached hydrogens (tertiary/aromatic N) is 2. The number of aromatic nitrogens is 1. The smallest absolute Gasteiger partial charge is 0.121 e. The van der Waals surface area contributed by atoms with Gasteiger partial charge >= 0.3 is 0 Å². The molecular formula is C14H16N2O. The lowest BCUT2D eigenvalue weighted by Gasteiger charge is -2.14. The number of rotatable bonds is 3. The van der Waals surface area contributed by atoms with Crippen LogP contribution >= 0.6 is 0 Å². The Morgan fingerprint density at radius 2 is 1.76 bits per heavy atom. The molecule has 3 nitrogen and oxygen atoms in total. The minimum Gasteiger partial charge on any atom is -0.382 e.